The summed E-state index contributed by atoms with van der Waals surface area (Å²) in [7, 11) is 0. The van der Waals surface area contributed by atoms with Crippen molar-refractivity contribution in [3.63, 3.8) is 0 Å². The molecule has 0 saturated heterocycles. The summed E-state index contributed by atoms with van der Waals surface area (Å²) in [5, 5.41) is 14.9. The molecule has 5 aromatic rings. The minimum absolute atomic E-state index is 0.0230. The number of primary amides is 1. The fourth-order valence-electron chi connectivity index (χ4n) is 7.38. The molecule has 66 heavy (non-hydrogen) atoms. The van der Waals surface area contributed by atoms with Gasteiger partial charge < -0.3 is 59.5 Å². The SMILES string of the molecule is CC[C@H](C)[C@H](NC(=O)[C@@H](Cc1ccccc1)NC(=O)[C@@H](Cc1c[nH]c2ccccc12)NC(=O)[C@@H](N)CCCN=C(N)N)C(=O)N[C@H](Cc1ccccc1)C(=O)N[C@@H](Cc1cnc[nH]1)C(N)=O. The third kappa shape index (κ3) is 14.8. The Bertz CT molecular complexity index is 2400. The van der Waals surface area contributed by atoms with Crippen LogP contribution in [0.2, 0.25) is 0 Å². The zero-order chi connectivity index (χ0) is 47.6. The third-order valence-electron chi connectivity index (χ3n) is 11.3. The van der Waals surface area contributed by atoms with Crippen LogP contribution in [0.3, 0.4) is 0 Å². The second kappa shape index (κ2) is 24.5. The van der Waals surface area contributed by atoms with Crippen LogP contribution < -0.4 is 49.5 Å². The number of aliphatic imine (C=N–C) groups is 1. The van der Waals surface area contributed by atoms with Crippen LogP contribution in [0.4, 0.5) is 0 Å². The number of para-hydroxylation sites is 1. The van der Waals surface area contributed by atoms with E-state index < -0.39 is 77.6 Å². The molecule has 0 aliphatic rings. The zero-order valence-corrected chi connectivity index (χ0v) is 37.2. The zero-order valence-electron chi connectivity index (χ0n) is 37.2. The van der Waals surface area contributed by atoms with Gasteiger partial charge in [0.2, 0.25) is 35.4 Å². The molecule has 0 aliphatic heterocycles. The smallest absolute Gasteiger partial charge is 0.243 e. The summed E-state index contributed by atoms with van der Waals surface area (Å²) in [5.41, 5.74) is 26.4. The van der Waals surface area contributed by atoms with Gasteiger partial charge in [0.05, 0.1) is 12.4 Å². The number of fused-ring (bicyclic) bond motifs is 1. The van der Waals surface area contributed by atoms with Gasteiger partial charge >= 0.3 is 0 Å². The van der Waals surface area contributed by atoms with Crippen LogP contribution in [0.25, 0.3) is 10.9 Å². The van der Waals surface area contributed by atoms with Crippen LogP contribution in [0, 0.1) is 5.92 Å². The molecule has 15 N–H and O–H groups in total. The number of H-pyrrole nitrogens is 2. The van der Waals surface area contributed by atoms with Crippen molar-refractivity contribution in [1.82, 2.24) is 41.5 Å². The molecule has 19 nitrogen and oxygen atoms in total. The van der Waals surface area contributed by atoms with Crippen molar-refractivity contribution in [2.24, 2.45) is 33.8 Å². The van der Waals surface area contributed by atoms with Gasteiger partial charge in [-0.15, -0.1) is 0 Å². The van der Waals surface area contributed by atoms with Gasteiger partial charge in [0.1, 0.15) is 30.2 Å². The highest BCUT2D eigenvalue weighted by atomic mass is 16.2. The van der Waals surface area contributed by atoms with E-state index in [4.69, 9.17) is 22.9 Å². The second-order valence-corrected chi connectivity index (χ2v) is 16.3. The first-order valence-electron chi connectivity index (χ1n) is 21.9. The Morgan fingerprint density at radius 1 is 0.652 bits per heavy atom. The Balaban J connectivity index is 1.39. The second-order valence-electron chi connectivity index (χ2n) is 16.3. The van der Waals surface area contributed by atoms with Crippen molar-refractivity contribution >= 4 is 52.3 Å². The maximum absolute atomic E-state index is 14.6. The average Bonchev–Trinajstić information content (AvgIpc) is 3.98. The Kier molecular flexibility index (Phi) is 18.4. The van der Waals surface area contributed by atoms with Gasteiger partial charge in [0.25, 0.3) is 0 Å². The molecule has 0 spiro atoms. The summed E-state index contributed by atoms with van der Waals surface area (Å²) >= 11 is 0. The van der Waals surface area contributed by atoms with E-state index in [0.29, 0.717) is 24.1 Å². The summed E-state index contributed by atoms with van der Waals surface area (Å²) < 4.78 is 0. The minimum atomic E-state index is -1.24. The first-order valence-corrected chi connectivity index (χ1v) is 21.9. The van der Waals surface area contributed by atoms with Crippen LogP contribution in [0.1, 0.15) is 55.5 Å². The van der Waals surface area contributed by atoms with Crippen molar-refractivity contribution in [1.29, 1.82) is 0 Å². The van der Waals surface area contributed by atoms with Gasteiger partial charge in [-0.25, -0.2) is 4.98 Å². The van der Waals surface area contributed by atoms with Gasteiger partial charge in [-0.05, 0) is 41.5 Å². The molecule has 7 atom stereocenters. The quantitative estimate of drug-likeness (QED) is 0.0219. The van der Waals surface area contributed by atoms with Crippen molar-refractivity contribution in [2.75, 3.05) is 6.54 Å². The largest absolute Gasteiger partial charge is 0.370 e. The predicted octanol–water partition coefficient (Wildman–Crippen LogP) is 0.498. The molecular weight excluding hydrogens is 843 g/mol. The van der Waals surface area contributed by atoms with E-state index in [1.165, 1.54) is 12.5 Å². The molecule has 2 aromatic heterocycles. The lowest BCUT2D eigenvalue weighted by atomic mass is 9.96. The van der Waals surface area contributed by atoms with E-state index in [-0.39, 0.29) is 44.6 Å². The number of nitrogens with one attached hydrogen (secondary N) is 7. The third-order valence-corrected chi connectivity index (χ3v) is 11.3. The van der Waals surface area contributed by atoms with Crippen molar-refractivity contribution < 1.29 is 28.8 Å². The van der Waals surface area contributed by atoms with E-state index in [1.54, 1.807) is 61.7 Å². The number of benzene rings is 3. The van der Waals surface area contributed by atoms with Crippen molar-refractivity contribution in [3.8, 4) is 0 Å². The molecule has 0 fully saturated rings. The van der Waals surface area contributed by atoms with Crippen LogP contribution in [-0.2, 0) is 54.5 Å². The van der Waals surface area contributed by atoms with E-state index >= 15 is 0 Å². The maximum Gasteiger partial charge on any atom is 0.243 e. The molecule has 19 heteroatoms. The van der Waals surface area contributed by atoms with Gasteiger partial charge in [-0.1, -0.05) is 99.1 Å². The predicted molar refractivity (Wildman–Crippen MR) is 251 cm³/mol. The highest BCUT2D eigenvalue weighted by Gasteiger charge is 2.35. The highest BCUT2D eigenvalue weighted by Crippen LogP contribution is 2.20. The molecule has 0 aliphatic carbocycles. The number of aromatic amines is 2. The number of carbonyl (C=O) groups excluding carboxylic acids is 6. The summed E-state index contributed by atoms with van der Waals surface area (Å²) in [4.78, 5) is 97.4. The fraction of sp³-hybridized carbons (Fsp3) is 0.362. The molecule has 5 rings (SSSR count). The molecule has 3 aromatic carbocycles. The van der Waals surface area contributed by atoms with E-state index in [9.17, 15) is 28.8 Å². The number of guanidine groups is 1. The van der Waals surface area contributed by atoms with Crippen molar-refractivity contribution in [2.45, 2.75) is 95.0 Å². The fourth-order valence-corrected chi connectivity index (χ4v) is 7.38. The van der Waals surface area contributed by atoms with Gasteiger partial charge in [-0.2, -0.15) is 0 Å². The number of nitrogens with two attached hydrogens (primary N) is 4. The monoisotopic (exact) mass is 903 g/mol. The molecule has 0 radical (unpaired) electrons. The number of carbonyl (C=O) groups is 6. The lowest BCUT2D eigenvalue weighted by Gasteiger charge is -2.29. The van der Waals surface area contributed by atoms with E-state index in [0.717, 1.165) is 22.0 Å². The van der Waals surface area contributed by atoms with Crippen LogP contribution in [-0.4, -0.2) is 99.2 Å². The standard InChI is InChI=1S/C47H61N13O6/c1-3-28(2)40(46(66)59-37(21-29-13-6-4-7-14-29)43(63)56-36(41(49)61)24-32-26-52-27-55-32)60-45(65)38(22-30-15-8-5-9-16-30)58-44(64)39(23-31-25-54-35-19-11-10-17-33(31)35)57-42(62)34(48)18-12-20-53-47(50)51/h4-11,13-17,19,25-28,34,36-40,54H,3,12,18,20-24,48H2,1-2H3,(H2,49,61)(H,52,55)(H,56,63)(H,57,62)(H,58,64)(H,59,66)(H,60,65)(H4,50,51,53)/t28-,34-,36-,37+,38+,39+,40-/m0/s1. The maximum atomic E-state index is 14.6. The lowest BCUT2D eigenvalue weighted by Crippen LogP contribution is -2.61. The number of imidazole rings is 1. The summed E-state index contributed by atoms with van der Waals surface area (Å²) in [5.74, 6) is -4.60. The summed E-state index contributed by atoms with van der Waals surface area (Å²) in [6.45, 7) is 3.89. The van der Waals surface area contributed by atoms with Gasteiger partial charge in [0, 0.05) is 61.2 Å². The summed E-state index contributed by atoms with van der Waals surface area (Å²) in [6, 6.07) is 18.6. The Morgan fingerprint density at radius 2 is 1.20 bits per heavy atom. The van der Waals surface area contributed by atoms with Crippen molar-refractivity contribution in [3.05, 3.63) is 126 Å². The highest BCUT2D eigenvalue weighted by molar-refractivity contribution is 5.97. The van der Waals surface area contributed by atoms with E-state index in [1.807, 2.05) is 43.3 Å². The molecule has 0 unspecified atom stereocenters. The number of nitrogens with zero attached hydrogens (tertiary/aromatic N) is 2. The molecule has 2 heterocycles. The first-order chi connectivity index (χ1) is 31.7. The molecule has 6 amide bonds. The number of hydrogen-bond acceptors (Lipinski definition) is 9. The molecule has 0 bridgehead atoms. The number of hydrogen-bond donors (Lipinski definition) is 11. The first kappa shape index (κ1) is 49.5. The Hall–Kier alpha value is -7.54. The molecular formula is C47H61N13O6. The lowest BCUT2D eigenvalue weighted by molar-refractivity contribution is -0.135. The van der Waals surface area contributed by atoms with Gasteiger partial charge in [-0.3, -0.25) is 33.8 Å². The normalized spacial score (nSPS) is 14.3. The minimum Gasteiger partial charge on any atom is -0.370 e. The Labute approximate surface area is 383 Å². The summed E-state index contributed by atoms with van der Waals surface area (Å²) in [6.07, 6.45) is 5.94. The Morgan fingerprint density at radius 3 is 1.77 bits per heavy atom. The number of amides is 6. The average molecular weight is 904 g/mol. The van der Waals surface area contributed by atoms with Gasteiger partial charge in [0.15, 0.2) is 5.96 Å². The van der Waals surface area contributed by atoms with Crippen LogP contribution >= 0.6 is 0 Å². The number of rotatable bonds is 25. The topological polar surface area (TPSA) is 323 Å². The molecule has 350 valence electrons. The number of aromatic nitrogens is 3. The van der Waals surface area contributed by atoms with E-state index in [2.05, 4.69) is 46.5 Å². The van der Waals surface area contributed by atoms with Crippen LogP contribution in [0.15, 0.2) is 109 Å². The van der Waals surface area contributed by atoms with Crippen LogP contribution in [0.5, 0.6) is 0 Å². The molecule has 0 saturated carbocycles.